The number of fused-ring (bicyclic) bond motifs is 3. The molecule has 20 heteroatoms. The van der Waals surface area contributed by atoms with Crippen molar-refractivity contribution in [3.63, 3.8) is 0 Å². The van der Waals surface area contributed by atoms with Crippen LogP contribution in [0.1, 0.15) is 77.7 Å². The number of aromatic nitrogens is 7. The van der Waals surface area contributed by atoms with Crippen molar-refractivity contribution in [2.24, 2.45) is 0 Å². The number of halogens is 4. The number of hydrogen-bond acceptors (Lipinski definition) is 11. The monoisotopic (exact) mass is 847 g/mol. The molecule has 0 bridgehead atoms. The summed E-state index contributed by atoms with van der Waals surface area (Å²) >= 11 is 6.20. The fraction of sp³-hybridized carbons (Fsp3) is 0.425. The number of nitrogens with zero attached hydrogens (tertiary/aromatic N) is 10. The third-order valence-corrected chi connectivity index (χ3v) is 12.2. The molecule has 60 heavy (non-hydrogen) atoms. The molecule has 1 atom stereocenters. The number of aromatic hydroxyl groups is 1. The highest BCUT2D eigenvalue weighted by atomic mass is 35.5. The molecular formula is C40H41ClF3N11O5. The number of alkyl halides is 3. The third-order valence-electron chi connectivity index (χ3n) is 11.9. The van der Waals surface area contributed by atoms with Gasteiger partial charge in [0, 0.05) is 68.4 Å². The molecular weight excluding hydrogens is 807 g/mol. The average molecular weight is 848 g/mol. The van der Waals surface area contributed by atoms with Crippen molar-refractivity contribution in [3.8, 4) is 17.1 Å². The highest BCUT2D eigenvalue weighted by Gasteiger charge is 2.49. The number of carbonyl (C=O) groups excluding carboxylic acids is 3. The summed E-state index contributed by atoms with van der Waals surface area (Å²) in [6.45, 7) is 9.34. The van der Waals surface area contributed by atoms with Gasteiger partial charge >= 0.3 is 6.18 Å². The summed E-state index contributed by atoms with van der Waals surface area (Å²) in [5, 5.41) is 17.6. The lowest BCUT2D eigenvalue weighted by Crippen LogP contribution is -2.48. The van der Waals surface area contributed by atoms with Gasteiger partial charge in [0.15, 0.2) is 17.3 Å². The Morgan fingerprint density at radius 1 is 0.967 bits per heavy atom. The van der Waals surface area contributed by atoms with E-state index >= 15 is 0 Å². The smallest absolute Gasteiger partial charge is 0.416 e. The van der Waals surface area contributed by atoms with E-state index in [1.807, 2.05) is 19.1 Å². The molecule has 8 rings (SSSR count). The number of anilines is 2. The van der Waals surface area contributed by atoms with E-state index in [2.05, 4.69) is 20.2 Å². The van der Waals surface area contributed by atoms with Crippen molar-refractivity contribution in [2.75, 3.05) is 49.5 Å². The van der Waals surface area contributed by atoms with E-state index in [0.29, 0.717) is 73.8 Å². The minimum atomic E-state index is -4.63. The molecule has 16 nitrogen and oxygen atoms in total. The van der Waals surface area contributed by atoms with Crippen LogP contribution in [0.15, 0.2) is 41.5 Å². The molecule has 3 aliphatic rings. The van der Waals surface area contributed by atoms with Crippen molar-refractivity contribution in [1.82, 2.24) is 43.9 Å². The maximum Gasteiger partial charge on any atom is 0.416 e. The summed E-state index contributed by atoms with van der Waals surface area (Å²) < 4.78 is 42.9. The van der Waals surface area contributed by atoms with Crippen LogP contribution in [-0.2, 0) is 27.7 Å². The van der Waals surface area contributed by atoms with E-state index in [-0.39, 0.29) is 70.9 Å². The minimum absolute atomic E-state index is 0.0181. The van der Waals surface area contributed by atoms with Crippen LogP contribution in [0.4, 0.5) is 24.7 Å². The van der Waals surface area contributed by atoms with Gasteiger partial charge in [0.1, 0.15) is 18.7 Å². The Bertz CT molecular complexity index is 2630. The van der Waals surface area contributed by atoms with Crippen LogP contribution in [0.5, 0.6) is 5.75 Å². The molecule has 0 saturated carbocycles. The normalized spacial score (nSPS) is 17.7. The van der Waals surface area contributed by atoms with E-state index < -0.39 is 34.5 Å². The number of pyridine rings is 1. The van der Waals surface area contributed by atoms with Crippen LogP contribution < -0.4 is 15.8 Å². The van der Waals surface area contributed by atoms with Gasteiger partial charge in [-0.15, -0.1) is 5.10 Å². The number of nitrogens with one attached hydrogen (secondary N) is 1. The topological polar surface area (TPSA) is 184 Å². The number of amides is 3. The highest BCUT2D eigenvalue weighted by molar-refractivity contribution is 6.33. The summed E-state index contributed by atoms with van der Waals surface area (Å²) in [6.07, 6.45) is -2.11. The third kappa shape index (κ3) is 7.17. The molecule has 314 valence electrons. The van der Waals surface area contributed by atoms with E-state index in [1.54, 1.807) is 35.1 Å². The van der Waals surface area contributed by atoms with Gasteiger partial charge in [-0.3, -0.25) is 19.2 Å². The molecule has 2 aliphatic heterocycles. The molecule has 0 radical (unpaired) electrons. The van der Waals surface area contributed by atoms with E-state index in [0.717, 1.165) is 18.2 Å². The minimum Gasteiger partial charge on any atom is -0.504 e. The zero-order chi connectivity index (χ0) is 42.8. The number of carbonyl (C=O) groups is 3. The van der Waals surface area contributed by atoms with Gasteiger partial charge in [0.25, 0.3) is 11.5 Å². The van der Waals surface area contributed by atoms with Gasteiger partial charge in [0.2, 0.25) is 17.6 Å². The van der Waals surface area contributed by atoms with Gasteiger partial charge in [-0.25, -0.2) is 15.0 Å². The van der Waals surface area contributed by atoms with Crippen LogP contribution >= 0.6 is 11.6 Å². The van der Waals surface area contributed by atoms with Crippen LogP contribution in [0.3, 0.4) is 0 Å². The van der Waals surface area contributed by atoms with E-state index in [1.165, 1.54) is 10.8 Å². The number of likely N-dealkylation sites (tertiary alicyclic amines) is 1. The molecule has 1 aliphatic carbocycles. The predicted molar refractivity (Wildman–Crippen MR) is 213 cm³/mol. The number of piperidine rings is 1. The van der Waals surface area contributed by atoms with E-state index in [4.69, 9.17) is 26.7 Å². The molecule has 2 fully saturated rings. The quantitative estimate of drug-likeness (QED) is 0.241. The lowest BCUT2D eigenvalue weighted by atomic mass is 9.73. The van der Waals surface area contributed by atoms with Gasteiger partial charge in [-0.1, -0.05) is 18.5 Å². The number of benzene rings is 1. The second kappa shape index (κ2) is 15.2. The highest BCUT2D eigenvalue weighted by Crippen LogP contribution is 2.50. The summed E-state index contributed by atoms with van der Waals surface area (Å²) in [6, 6.07) is 6.30. The van der Waals surface area contributed by atoms with Crippen molar-refractivity contribution >= 4 is 46.6 Å². The Hall–Kier alpha value is -6.11. The standard InChI is InChI=1S/C40H41ClF3N11O5/c1-21-18-39(9-11-53(12-10-39)37(60)32-34(58)23(3)45-20-46-32)31-33(21)54(19-30(57)48-28-7-5-25(17-27(28)41)40(42,43)44)38-49-35(50-55(38)36(31)59)26-6-8-29(47-22(26)2)52-15-13-51(14-16-52)24(4)56/h5-8,17,20-21,58H,9-16,18-19H2,1-4H3,(H,48,57). The van der Waals surface area contributed by atoms with Gasteiger partial charge in [-0.05, 0) is 69.4 Å². The van der Waals surface area contributed by atoms with Crippen LogP contribution in [0.2, 0.25) is 5.02 Å². The van der Waals surface area contributed by atoms with Crippen molar-refractivity contribution in [3.05, 3.63) is 85.9 Å². The van der Waals surface area contributed by atoms with Crippen molar-refractivity contribution < 1.29 is 32.7 Å². The Balaban J connectivity index is 1.16. The van der Waals surface area contributed by atoms with Gasteiger partial charge in [-0.2, -0.15) is 22.7 Å². The second-order valence-corrected chi connectivity index (χ2v) is 16.1. The van der Waals surface area contributed by atoms with Crippen LogP contribution in [0, 0.1) is 13.8 Å². The maximum atomic E-state index is 14.8. The van der Waals surface area contributed by atoms with Gasteiger partial charge in [0.05, 0.1) is 27.7 Å². The molecule has 1 spiro atoms. The van der Waals surface area contributed by atoms with E-state index in [9.17, 15) is 37.5 Å². The van der Waals surface area contributed by atoms with Crippen molar-refractivity contribution in [2.45, 2.75) is 71.0 Å². The summed E-state index contributed by atoms with van der Waals surface area (Å²) in [5.74, 6) is -0.640. The Morgan fingerprint density at radius 3 is 2.33 bits per heavy atom. The zero-order valence-electron chi connectivity index (χ0n) is 33.2. The van der Waals surface area contributed by atoms with Crippen molar-refractivity contribution in [1.29, 1.82) is 0 Å². The average Bonchev–Trinajstić information content (AvgIpc) is 3.77. The fourth-order valence-electron chi connectivity index (χ4n) is 8.84. The lowest BCUT2D eigenvalue weighted by Gasteiger charge is -2.39. The lowest BCUT2D eigenvalue weighted by molar-refractivity contribution is -0.137. The van der Waals surface area contributed by atoms with Crippen LogP contribution in [0.25, 0.3) is 17.2 Å². The molecule has 2 saturated heterocycles. The number of hydrogen-bond donors (Lipinski definition) is 2. The SMILES string of the molecule is CC(=O)N1CCN(c2ccc(-c3nc4n(CC(=O)Nc5ccc(C(F)(F)F)cc5Cl)c5c(c(=O)n4n3)C3(CCN(C(=O)c4ncnc(C)c4O)CC3)CC5C)c(C)n2)CC1. The molecule has 4 aromatic heterocycles. The Morgan fingerprint density at radius 2 is 1.68 bits per heavy atom. The fourth-order valence-corrected chi connectivity index (χ4v) is 9.07. The largest absolute Gasteiger partial charge is 0.504 e. The first-order valence-electron chi connectivity index (χ1n) is 19.4. The molecule has 3 amide bonds. The number of aryl methyl sites for hydroxylation is 2. The zero-order valence-corrected chi connectivity index (χ0v) is 33.9. The number of piperazine rings is 1. The molecule has 1 aromatic carbocycles. The molecule has 5 aromatic rings. The summed E-state index contributed by atoms with van der Waals surface area (Å²) in [4.78, 5) is 77.0. The first-order chi connectivity index (χ1) is 28.5. The maximum absolute atomic E-state index is 14.8. The Kier molecular flexibility index (Phi) is 10.3. The summed E-state index contributed by atoms with van der Waals surface area (Å²) in [5.41, 5.74) is 0.193. The predicted octanol–water partition coefficient (Wildman–Crippen LogP) is 4.73. The number of rotatable bonds is 6. The first kappa shape index (κ1) is 40.7. The molecule has 6 heterocycles. The van der Waals surface area contributed by atoms with Gasteiger partial charge < -0.3 is 29.7 Å². The first-order valence-corrected chi connectivity index (χ1v) is 19.8. The molecule has 2 N–H and O–H groups in total. The summed E-state index contributed by atoms with van der Waals surface area (Å²) in [7, 11) is 0. The Labute approximate surface area is 346 Å². The second-order valence-electron chi connectivity index (χ2n) is 15.7. The van der Waals surface area contributed by atoms with Crippen LogP contribution in [-0.4, -0.2) is 106 Å². The molecule has 1 unspecified atom stereocenters.